The van der Waals surface area contributed by atoms with Gasteiger partial charge in [-0.15, -0.1) is 0 Å². The first kappa shape index (κ1) is 45.1. The SMILES string of the molecule is Cc1c(NC(=O)c2ccc(C(C)(C)C)cc2)cccc1-c1cn(C)c(=O)c(Nc2ccc(C(=O)N3CCN(CNCNc4cccc5c4C(=O)N(C4CCC(=O)NC4=O)C5=O)CC3)cc2)n1. The van der Waals surface area contributed by atoms with Crippen molar-refractivity contribution < 1.29 is 28.8 Å². The Morgan fingerprint density at radius 2 is 1.47 bits per heavy atom. The molecular formula is C49H52N10O7. The lowest BCUT2D eigenvalue weighted by Crippen LogP contribution is -2.54. The van der Waals surface area contributed by atoms with Gasteiger partial charge in [-0.2, -0.15) is 0 Å². The van der Waals surface area contributed by atoms with Crippen LogP contribution in [0.15, 0.2) is 95.9 Å². The maximum absolute atomic E-state index is 13.5. The van der Waals surface area contributed by atoms with Crippen molar-refractivity contribution in [1.29, 1.82) is 0 Å². The number of nitrogens with zero attached hydrogens (tertiary/aromatic N) is 5. The number of hydrogen-bond acceptors (Lipinski definition) is 12. The van der Waals surface area contributed by atoms with Crippen LogP contribution in [0.25, 0.3) is 11.3 Å². The zero-order valence-electron chi connectivity index (χ0n) is 37.5. The minimum absolute atomic E-state index is 0.0288. The van der Waals surface area contributed by atoms with Crippen molar-refractivity contribution in [3.8, 4) is 11.3 Å². The summed E-state index contributed by atoms with van der Waals surface area (Å²) in [6, 6.07) is 23.9. The highest BCUT2D eigenvalue weighted by molar-refractivity contribution is 6.25. The second kappa shape index (κ2) is 18.5. The number of anilines is 4. The molecule has 3 aliphatic heterocycles. The van der Waals surface area contributed by atoms with Crippen molar-refractivity contribution in [2.75, 3.05) is 55.5 Å². The summed E-state index contributed by atoms with van der Waals surface area (Å²) in [4.78, 5) is 100. The number of piperidine rings is 1. The van der Waals surface area contributed by atoms with Gasteiger partial charge in [0.1, 0.15) is 6.04 Å². The Morgan fingerprint density at radius 3 is 2.15 bits per heavy atom. The summed E-state index contributed by atoms with van der Waals surface area (Å²) in [7, 11) is 1.65. The van der Waals surface area contributed by atoms with E-state index in [0.29, 0.717) is 66.7 Å². The number of fused-ring (bicyclic) bond motifs is 1. The Morgan fingerprint density at radius 1 is 0.803 bits per heavy atom. The smallest absolute Gasteiger partial charge is 0.293 e. The quantitative estimate of drug-likeness (QED) is 0.0649. The molecule has 0 aliphatic carbocycles. The van der Waals surface area contributed by atoms with Gasteiger partial charge in [0.15, 0.2) is 5.82 Å². The average Bonchev–Trinajstić information content (AvgIpc) is 3.56. The highest BCUT2D eigenvalue weighted by atomic mass is 16.2. The topological polar surface area (TPSA) is 207 Å². The first-order chi connectivity index (χ1) is 31.6. The van der Waals surface area contributed by atoms with Crippen LogP contribution in [0.4, 0.5) is 22.9 Å². The number of carbonyl (C=O) groups is 6. The minimum Gasteiger partial charge on any atom is -0.372 e. The van der Waals surface area contributed by atoms with Crippen LogP contribution >= 0.6 is 0 Å². The molecule has 5 N–H and O–H groups in total. The molecule has 2 saturated heterocycles. The van der Waals surface area contributed by atoms with E-state index in [9.17, 15) is 33.6 Å². The van der Waals surface area contributed by atoms with Crippen molar-refractivity contribution in [3.05, 3.63) is 135 Å². The molecule has 4 heterocycles. The Bertz CT molecular complexity index is 2810. The summed E-state index contributed by atoms with van der Waals surface area (Å²) < 4.78 is 1.45. The lowest BCUT2D eigenvalue weighted by Gasteiger charge is -2.35. The fourth-order valence-electron chi connectivity index (χ4n) is 8.34. The van der Waals surface area contributed by atoms with Gasteiger partial charge in [0.05, 0.1) is 23.5 Å². The zero-order valence-corrected chi connectivity index (χ0v) is 37.5. The molecule has 8 rings (SSSR count). The van der Waals surface area contributed by atoms with Crippen LogP contribution in [0.1, 0.15) is 86.2 Å². The van der Waals surface area contributed by atoms with E-state index >= 15 is 0 Å². The summed E-state index contributed by atoms with van der Waals surface area (Å²) in [5.74, 6) is -2.47. The molecule has 17 nitrogen and oxygen atoms in total. The molecule has 1 unspecified atom stereocenters. The fourth-order valence-corrected chi connectivity index (χ4v) is 8.34. The lowest BCUT2D eigenvalue weighted by atomic mass is 9.86. The van der Waals surface area contributed by atoms with Gasteiger partial charge >= 0.3 is 0 Å². The Balaban J connectivity index is 0.829. The molecule has 1 atom stereocenters. The van der Waals surface area contributed by atoms with Gasteiger partial charge in [-0.1, -0.05) is 51.1 Å². The minimum atomic E-state index is -1.04. The summed E-state index contributed by atoms with van der Waals surface area (Å²) in [6.07, 6.45) is 1.78. The zero-order chi connectivity index (χ0) is 46.9. The lowest BCUT2D eigenvalue weighted by molar-refractivity contribution is -0.136. The standard InChI is InChI=1S/C49H52N10O7/c1-29-34(8-6-10-36(29)54-43(61)30-12-16-32(17-13-30)49(2,3)4)38-26-56(5)48(66)42(53-38)52-33-18-14-31(15-19-33)45(63)58-24-22-57(23-25-58)28-50-27-51-37-11-7-9-35-41(37)47(65)59(46(35)64)39-20-21-40(60)55-44(39)62/h6-19,26,39,50-51H,20-25,27-28H2,1-5H3,(H,52,53)(H,54,61)(H,55,60,62). The van der Waals surface area contributed by atoms with Gasteiger partial charge in [-0.25, -0.2) is 4.98 Å². The van der Waals surface area contributed by atoms with Crippen LogP contribution < -0.4 is 32.1 Å². The van der Waals surface area contributed by atoms with Gasteiger partial charge in [-0.05, 0) is 84.5 Å². The van der Waals surface area contributed by atoms with E-state index in [4.69, 9.17) is 4.98 Å². The molecule has 17 heteroatoms. The van der Waals surface area contributed by atoms with Crippen molar-refractivity contribution in [1.82, 2.24) is 34.9 Å². The third-order valence-corrected chi connectivity index (χ3v) is 12.2. The molecule has 0 saturated carbocycles. The second-order valence-corrected chi connectivity index (χ2v) is 17.7. The van der Waals surface area contributed by atoms with E-state index in [1.165, 1.54) is 4.57 Å². The molecule has 6 amide bonds. The third-order valence-electron chi connectivity index (χ3n) is 12.2. The van der Waals surface area contributed by atoms with Gasteiger partial charge in [0.2, 0.25) is 11.8 Å². The fraction of sp³-hybridized carbons (Fsp3) is 0.306. The normalized spacial score (nSPS) is 16.5. The molecule has 2 fully saturated rings. The van der Waals surface area contributed by atoms with Gasteiger partial charge in [-0.3, -0.25) is 54.0 Å². The highest BCUT2D eigenvalue weighted by Gasteiger charge is 2.45. The number of imide groups is 2. The molecule has 3 aliphatic rings. The molecule has 0 bridgehead atoms. The van der Waals surface area contributed by atoms with Crippen molar-refractivity contribution in [2.45, 2.75) is 52.0 Å². The summed E-state index contributed by atoms with van der Waals surface area (Å²) in [5.41, 5.74) is 5.95. The van der Waals surface area contributed by atoms with E-state index in [2.05, 4.69) is 52.3 Å². The monoisotopic (exact) mass is 892 g/mol. The van der Waals surface area contributed by atoms with E-state index in [0.717, 1.165) is 21.6 Å². The number of amides is 6. The number of aryl methyl sites for hydroxylation is 1. The van der Waals surface area contributed by atoms with Gasteiger partial charge in [0, 0.05) is 86.3 Å². The predicted octanol–water partition coefficient (Wildman–Crippen LogP) is 4.82. The maximum Gasteiger partial charge on any atom is 0.293 e. The van der Waals surface area contributed by atoms with E-state index in [1.54, 1.807) is 60.6 Å². The largest absolute Gasteiger partial charge is 0.372 e. The molecule has 340 valence electrons. The number of aromatic nitrogens is 2. The predicted molar refractivity (Wildman–Crippen MR) is 250 cm³/mol. The molecular weight excluding hydrogens is 841 g/mol. The summed E-state index contributed by atoms with van der Waals surface area (Å²) >= 11 is 0. The highest BCUT2D eigenvalue weighted by Crippen LogP contribution is 2.33. The van der Waals surface area contributed by atoms with E-state index < -0.39 is 29.7 Å². The average molecular weight is 893 g/mol. The second-order valence-electron chi connectivity index (χ2n) is 17.7. The summed E-state index contributed by atoms with van der Waals surface area (Å²) in [6.45, 7) is 11.3. The van der Waals surface area contributed by atoms with Crippen LogP contribution in [0.2, 0.25) is 0 Å². The van der Waals surface area contributed by atoms with E-state index in [-0.39, 0.29) is 59.2 Å². The van der Waals surface area contributed by atoms with Crippen LogP contribution in [-0.2, 0) is 22.1 Å². The third kappa shape index (κ3) is 9.34. The number of nitrogens with one attached hydrogen (secondary N) is 5. The van der Waals surface area contributed by atoms with Gasteiger partial charge < -0.3 is 25.4 Å². The Labute approximate surface area is 381 Å². The first-order valence-electron chi connectivity index (χ1n) is 21.8. The molecule has 5 aromatic rings. The molecule has 0 spiro atoms. The van der Waals surface area contributed by atoms with Crippen molar-refractivity contribution in [2.24, 2.45) is 7.05 Å². The number of rotatable bonds is 12. The van der Waals surface area contributed by atoms with Crippen molar-refractivity contribution in [3.63, 3.8) is 0 Å². The molecule has 66 heavy (non-hydrogen) atoms. The van der Waals surface area contributed by atoms with Crippen LogP contribution in [0.3, 0.4) is 0 Å². The molecule has 0 radical (unpaired) electrons. The molecule has 1 aromatic heterocycles. The Hall–Kier alpha value is -7.50. The number of carbonyl (C=O) groups excluding carboxylic acids is 6. The van der Waals surface area contributed by atoms with Crippen LogP contribution in [0.5, 0.6) is 0 Å². The first-order valence-corrected chi connectivity index (χ1v) is 21.8. The van der Waals surface area contributed by atoms with Crippen LogP contribution in [-0.4, -0.2) is 105 Å². The van der Waals surface area contributed by atoms with Gasteiger partial charge in [0.25, 0.3) is 29.2 Å². The van der Waals surface area contributed by atoms with E-state index in [1.807, 2.05) is 49.4 Å². The van der Waals surface area contributed by atoms with Crippen LogP contribution in [0, 0.1) is 6.92 Å². The number of benzene rings is 4. The number of hydrogen-bond donors (Lipinski definition) is 5. The Kier molecular flexibility index (Phi) is 12.7. The molecule has 4 aromatic carbocycles. The van der Waals surface area contributed by atoms with Crippen molar-refractivity contribution >= 4 is 58.3 Å². The maximum atomic E-state index is 13.5. The summed E-state index contributed by atoms with van der Waals surface area (Å²) in [5, 5.41) is 14.9. The number of piperazine rings is 1.